The van der Waals surface area contributed by atoms with Gasteiger partial charge in [0.15, 0.2) is 0 Å². The van der Waals surface area contributed by atoms with Gasteiger partial charge in [0, 0.05) is 6.08 Å². The Kier molecular flexibility index (Phi) is 7.35. The van der Waals surface area contributed by atoms with Crippen LogP contribution in [0.1, 0.15) is 36.6 Å². The Morgan fingerprint density at radius 3 is 2.25 bits per heavy atom. The molecule has 2 aromatic rings. The van der Waals surface area contributed by atoms with Crippen LogP contribution in [0.4, 0.5) is 0 Å². The summed E-state index contributed by atoms with van der Waals surface area (Å²) in [4.78, 5) is 24.4. The number of carbonyl (C=O) groups excluding carboxylic acids is 2. The molecule has 0 fully saturated rings. The zero-order valence-electron chi connectivity index (χ0n) is 16.1. The predicted molar refractivity (Wildman–Crippen MR) is 107 cm³/mol. The van der Waals surface area contributed by atoms with Gasteiger partial charge in [-0.15, -0.1) is 0 Å². The van der Waals surface area contributed by atoms with Crippen molar-refractivity contribution in [2.45, 2.75) is 25.9 Å². The highest BCUT2D eigenvalue weighted by Crippen LogP contribution is 2.14. The van der Waals surface area contributed by atoms with Crippen LogP contribution in [0.3, 0.4) is 0 Å². The maximum Gasteiger partial charge on any atom is 0.244 e. The largest absolute Gasteiger partial charge is 0.497 e. The van der Waals surface area contributed by atoms with Crippen LogP contribution in [0.2, 0.25) is 0 Å². The van der Waals surface area contributed by atoms with Crippen molar-refractivity contribution < 1.29 is 14.3 Å². The van der Waals surface area contributed by atoms with Crippen molar-refractivity contribution in [1.29, 1.82) is 5.26 Å². The van der Waals surface area contributed by atoms with Gasteiger partial charge in [0.25, 0.3) is 0 Å². The smallest absolute Gasteiger partial charge is 0.244 e. The van der Waals surface area contributed by atoms with Crippen LogP contribution in [0.25, 0.3) is 6.08 Å². The number of nitrogens with zero attached hydrogens (tertiary/aromatic N) is 1. The molecule has 0 saturated carbocycles. The Labute approximate surface area is 164 Å². The first-order valence-electron chi connectivity index (χ1n) is 8.86. The number of ether oxygens (including phenoxy) is 1. The Morgan fingerprint density at radius 2 is 1.68 bits per heavy atom. The molecule has 0 radical (unpaired) electrons. The molecule has 2 unspecified atom stereocenters. The summed E-state index contributed by atoms with van der Waals surface area (Å²) in [5, 5.41) is 14.3. The van der Waals surface area contributed by atoms with Crippen molar-refractivity contribution in [2.75, 3.05) is 7.11 Å². The lowest BCUT2D eigenvalue weighted by molar-refractivity contribution is -0.127. The van der Waals surface area contributed by atoms with Crippen molar-refractivity contribution in [3.63, 3.8) is 0 Å². The third-order valence-electron chi connectivity index (χ3n) is 4.19. The van der Waals surface area contributed by atoms with E-state index >= 15 is 0 Å². The number of methoxy groups -OCH3 is 1. The van der Waals surface area contributed by atoms with E-state index in [9.17, 15) is 9.59 Å². The second-order valence-electron chi connectivity index (χ2n) is 6.30. The van der Waals surface area contributed by atoms with Gasteiger partial charge < -0.3 is 15.4 Å². The highest BCUT2D eigenvalue weighted by Gasteiger charge is 2.17. The second kappa shape index (κ2) is 9.93. The molecule has 0 aromatic heterocycles. The first-order valence-corrected chi connectivity index (χ1v) is 8.86. The third-order valence-corrected chi connectivity index (χ3v) is 4.19. The number of rotatable bonds is 7. The molecule has 28 heavy (non-hydrogen) atoms. The standard InChI is InChI=1S/C22H23N3O3/c1-15(19-9-4-18(14-23)5-10-19)25-22(27)16(2)24-21(26)13-8-17-6-11-20(28-3)12-7-17/h4-13,15-16H,1-3H3,(H,24,26)(H,25,27)/b13-8+. The van der Waals surface area contributed by atoms with Crippen molar-refractivity contribution in [3.8, 4) is 11.8 Å². The summed E-state index contributed by atoms with van der Waals surface area (Å²) in [6.45, 7) is 3.47. The molecule has 0 heterocycles. The van der Waals surface area contributed by atoms with Crippen LogP contribution < -0.4 is 15.4 Å². The molecule has 0 aliphatic heterocycles. The summed E-state index contributed by atoms with van der Waals surface area (Å²) in [7, 11) is 1.59. The molecule has 0 saturated heterocycles. The van der Waals surface area contributed by atoms with E-state index in [-0.39, 0.29) is 17.9 Å². The molecule has 2 amide bonds. The third kappa shape index (κ3) is 5.99. The zero-order chi connectivity index (χ0) is 20.5. The number of hydrogen-bond acceptors (Lipinski definition) is 4. The summed E-state index contributed by atoms with van der Waals surface area (Å²) >= 11 is 0. The van der Waals surface area contributed by atoms with E-state index in [0.29, 0.717) is 5.56 Å². The van der Waals surface area contributed by atoms with Crippen molar-refractivity contribution >= 4 is 17.9 Å². The van der Waals surface area contributed by atoms with Gasteiger partial charge in [-0.3, -0.25) is 9.59 Å². The first kappa shape index (κ1) is 20.7. The summed E-state index contributed by atoms with van der Waals surface area (Å²) < 4.78 is 5.09. The lowest BCUT2D eigenvalue weighted by atomic mass is 10.1. The van der Waals surface area contributed by atoms with Crippen LogP contribution in [0.5, 0.6) is 5.75 Å². The molecule has 0 aliphatic carbocycles. The normalized spacial score (nSPS) is 12.6. The van der Waals surface area contributed by atoms with E-state index < -0.39 is 6.04 Å². The lowest BCUT2D eigenvalue weighted by Crippen LogP contribution is -2.45. The number of hydrogen-bond donors (Lipinski definition) is 2. The molecule has 2 rings (SSSR count). The molecule has 0 bridgehead atoms. The van der Waals surface area contributed by atoms with Gasteiger partial charge in [-0.1, -0.05) is 24.3 Å². The molecule has 144 valence electrons. The minimum atomic E-state index is -0.686. The fraction of sp³-hybridized carbons (Fsp3) is 0.227. The lowest BCUT2D eigenvalue weighted by Gasteiger charge is -2.18. The molecule has 2 atom stereocenters. The monoisotopic (exact) mass is 377 g/mol. The average Bonchev–Trinajstić information content (AvgIpc) is 2.72. The maximum absolute atomic E-state index is 12.3. The van der Waals surface area contributed by atoms with E-state index in [1.807, 2.05) is 19.1 Å². The number of nitrogens with one attached hydrogen (secondary N) is 2. The van der Waals surface area contributed by atoms with E-state index in [1.54, 1.807) is 56.5 Å². The minimum absolute atomic E-state index is 0.241. The van der Waals surface area contributed by atoms with Crippen molar-refractivity contribution in [2.24, 2.45) is 0 Å². The molecule has 2 aromatic carbocycles. The second-order valence-corrected chi connectivity index (χ2v) is 6.30. The van der Waals surface area contributed by atoms with Crippen molar-refractivity contribution in [3.05, 3.63) is 71.3 Å². The fourth-order valence-corrected chi connectivity index (χ4v) is 2.48. The highest BCUT2D eigenvalue weighted by molar-refractivity contribution is 5.95. The number of benzene rings is 2. The maximum atomic E-state index is 12.3. The molecule has 0 spiro atoms. The quantitative estimate of drug-likeness (QED) is 0.726. The topological polar surface area (TPSA) is 91.2 Å². The summed E-state index contributed by atoms with van der Waals surface area (Å²) in [5.41, 5.74) is 2.29. The number of nitriles is 1. The van der Waals surface area contributed by atoms with Crippen LogP contribution in [0.15, 0.2) is 54.6 Å². The Bertz CT molecular complexity index is 881. The van der Waals surface area contributed by atoms with Gasteiger partial charge in [0.1, 0.15) is 11.8 Å². The SMILES string of the molecule is COc1ccc(/C=C/C(=O)NC(C)C(=O)NC(C)c2ccc(C#N)cc2)cc1. The predicted octanol–water partition coefficient (Wildman–Crippen LogP) is 2.96. The number of amides is 2. The van der Waals surface area contributed by atoms with Gasteiger partial charge in [0.05, 0.1) is 24.8 Å². The highest BCUT2D eigenvalue weighted by atomic mass is 16.5. The summed E-state index contributed by atoms with van der Waals surface area (Å²) in [6, 6.07) is 15.4. The van der Waals surface area contributed by atoms with Crippen molar-refractivity contribution in [1.82, 2.24) is 10.6 Å². The average molecular weight is 377 g/mol. The van der Waals surface area contributed by atoms with E-state index in [4.69, 9.17) is 10.00 Å². The molecule has 6 nitrogen and oxygen atoms in total. The van der Waals surface area contributed by atoms with Crippen LogP contribution in [0, 0.1) is 11.3 Å². The van der Waals surface area contributed by atoms with E-state index in [0.717, 1.165) is 16.9 Å². The van der Waals surface area contributed by atoms with Crippen LogP contribution in [-0.4, -0.2) is 25.0 Å². The zero-order valence-corrected chi connectivity index (χ0v) is 16.1. The Balaban J connectivity index is 1.86. The minimum Gasteiger partial charge on any atom is -0.497 e. The van der Waals surface area contributed by atoms with Gasteiger partial charge in [-0.2, -0.15) is 5.26 Å². The summed E-state index contributed by atoms with van der Waals surface area (Å²) in [6.07, 6.45) is 3.05. The van der Waals surface area contributed by atoms with Gasteiger partial charge in [-0.25, -0.2) is 0 Å². The van der Waals surface area contributed by atoms with Gasteiger partial charge in [0.2, 0.25) is 11.8 Å². The Hall–Kier alpha value is -3.59. The van der Waals surface area contributed by atoms with Gasteiger partial charge in [-0.05, 0) is 55.3 Å². The molecule has 2 N–H and O–H groups in total. The fourth-order valence-electron chi connectivity index (χ4n) is 2.48. The number of carbonyl (C=O) groups is 2. The molecule has 6 heteroatoms. The molecular weight excluding hydrogens is 354 g/mol. The molecule has 0 aliphatic rings. The Morgan fingerprint density at radius 1 is 1.04 bits per heavy atom. The van der Waals surface area contributed by atoms with Crippen LogP contribution >= 0.6 is 0 Å². The van der Waals surface area contributed by atoms with Gasteiger partial charge >= 0.3 is 0 Å². The van der Waals surface area contributed by atoms with E-state index in [1.165, 1.54) is 6.08 Å². The first-order chi connectivity index (χ1) is 13.4. The summed E-state index contributed by atoms with van der Waals surface area (Å²) in [5.74, 6) is 0.0934. The van der Waals surface area contributed by atoms with E-state index in [2.05, 4.69) is 16.7 Å². The molecular formula is C22H23N3O3. The van der Waals surface area contributed by atoms with Crippen LogP contribution in [-0.2, 0) is 9.59 Å².